The molecule has 9 nitrogen and oxygen atoms in total. The maximum Gasteiger partial charge on any atom is 0.282 e. The molecular weight excluding hydrogens is 597 g/mol. The average molecular weight is 622 g/mol. The summed E-state index contributed by atoms with van der Waals surface area (Å²) in [4.78, 5) is 12.2. The van der Waals surface area contributed by atoms with Crippen molar-refractivity contribution in [3.05, 3.63) is 51.1 Å². The van der Waals surface area contributed by atoms with Gasteiger partial charge in [0.1, 0.15) is 22.9 Å². The first-order valence-electron chi connectivity index (χ1n) is 11.0. The molecule has 4 rings (SSSR count). The van der Waals surface area contributed by atoms with E-state index in [0.717, 1.165) is 12.1 Å². The molecule has 3 N–H and O–H groups in total. The molecule has 1 amide bonds. The summed E-state index contributed by atoms with van der Waals surface area (Å²) in [5.41, 5.74) is 5.44. The number of ether oxygens (including phenoxy) is 2. The number of halogens is 3. The van der Waals surface area contributed by atoms with Crippen molar-refractivity contribution in [1.29, 1.82) is 0 Å². The fourth-order valence-corrected chi connectivity index (χ4v) is 6.20. The van der Waals surface area contributed by atoms with E-state index in [9.17, 15) is 22.0 Å². The lowest BCUT2D eigenvalue weighted by Gasteiger charge is -2.30. The topological polar surface area (TPSA) is 114 Å². The van der Waals surface area contributed by atoms with Crippen molar-refractivity contribution in [3.8, 4) is 5.75 Å². The van der Waals surface area contributed by atoms with E-state index in [2.05, 4.69) is 5.32 Å². The Bertz CT molecular complexity index is 1210. The number of nitrogens with one attached hydrogen (secondary N) is 1. The number of anilines is 2. The first kappa shape index (κ1) is 26.0. The fraction of sp³-hybridized carbons (Fsp3) is 0.409. The zero-order valence-corrected chi connectivity index (χ0v) is 21.7. The normalized spacial score (nSPS) is 19.6. The molecular formula is C22H25F2IN4O5S. The quantitative estimate of drug-likeness (QED) is 0.438. The summed E-state index contributed by atoms with van der Waals surface area (Å²) >= 11 is 1.96. The van der Waals surface area contributed by atoms with E-state index in [-0.39, 0.29) is 41.8 Å². The third-order valence-corrected chi connectivity index (χ3v) is 8.53. The van der Waals surface area contributed by atoms with E-state index in [4.69, 9.17) is 15.2 Å². The summed E-state index contributed by atoms with van der Waals surface area (Å²) in [6, 6.07) is 6.49. The SMILES string of the molecule is NC(=O)c1c(Nc2ccc(I)cc2F)cc(F)cc1OCC1CCN(S(=O)(=O)N2CCOCC2)C1. The number of carbonyl (C=O) groups excluding carboxylic acids is 1. The van der Waals surface area contributed by atoms with Crippen LogP contribution in [0.2, 0.25) is 0 Å². The molecule has 0 radical (unpaired) electrons. The van der Waals surface area contributed by atoms with Gasteiger partial charge in [0.25, 0.3) is 16.1 Å². The van der Waals surface area contributed by atoms with Gasteiger partial charge in [0.05, 0.1) is 31.2 Å². The van der Waals surface area contributed by atoms with Gasteiger partial charge >= 0.3 is 0 Å². The van der Waals surface area contributed by atoms with E-state index in [1.54, 1.807) is 6.07 Å². The molecule has 1 unspecified atom stereocenters. The zero-order valence-electron chi connectivity index (χ0n) is 18.7. The van der Waals surface area contributed by atoms with Crippen molar-refractivity contribution in [2.75, 3.05) is 51.3 Å². The van der Waals surface area contributed by atoms with Gasteiger partial charge < -0.3 is 20.5 Å². The molecule has 35 heavy (non-hydrogen) atoms. The summed E-state index contributed by atoms with van der Waals surface area (Å²) in [6.45, 7) is 1.95. The number of amides is 1. The Kier molecular flexibility index (Phi) is 8.10. The van der Waals surface area contributed by atoms with E-state index < -0.39 is 27.8 Å². The van der Waals surface area contributed by atoms with Crippen molar-refractivity contribution in [3.63, 3.8) is 0 Å². The highest BCUT2D eigenvalue weighted by molar-refractivity contribution is 14.1. The predicted octanol–water partition coefficient (Wildman–Crippen LogP) is 2.69. The summed E-state index contributed by atoms with van der Waals surface area (Å²) in [6.07, 6.45) is 0.545. The van der Waals surface area contributed by atoms with Crippen LogP contribution in [0.1, 0.15) is 16.8 Å². The first-order chi connectivity index (χ1) is 16.6. The van der Waals surface area contributed by atoms with Crippen molar-refractivity contribution in [2.45, 2.75) is 6.42 Å². The van der Waals surface area contributed by atoms with Gasteiger partial charge in [0.15, 0.2) is 0 Å². The molecule has 13 heteroatoms. The Balaban J connectivity index is 1.48. The van der Waals surface area contributed by atoms with Gasteiger partial charge in [-0.25, -0.2) is 8.78 Å². The number of morpholine rings is 1. The smallest absolute Gasteiger partial charge is 0.282 e. The van der Waals surface area contributed by atoms with Crippen LogP contribution in [0.5, 0.6) is 5.75 Å². The monoisotopic (exact) mass is 622 g/mol. The molecule has 2 aromatic rings. The van der Waals surface area contributed by atoms with Gasteiger partial charge in [-0.3, -0.25) is 4.79 Å². The van der Waals surface area contributed by atoms with Crippen LogP contribution >= 0.6 is 22.6 Å². The number of hydrogen-bond acceptors (Lipinski definition) is 6. The van der Waals surface area contributed by atoms with Crippen LogP contribution in [-0.4, -0.2) is 68.9 Å². The van der Waals surface area contributed by atoms with E-state index >= 15 is 0 Å². The Morgan fingerprint density at radius 2 is 1.89 bits per heavy atom. The van der Waals surface area contributed by atoms with Crippen molar-refractivity contribution in [2.24, 2.45) is 11.7 Å². The van der Waals surface area contributed by atoms with E-state index in [1.165, 1.54) is 20.7 Å². The second-order valence-corrected chi connectivity index (χ2v) is 11.5. The number of hydrogen-bond donors (Lipinski definition) is 2. The lowest BCUT2D eigenvalue weighted by Crippen LogP contribution is -2.47. The third kappa shape index (κ3) is 6.02. The summed E-state index contributed by atoms with van der Waals surface area (Å²) < 4.78 is 68.9. The Morgan fingerprint density at radius 1 is 1.14 bits per heavy atom. The molecule has 2 aliphatic heterocycles. The summed E-state index contributed by atoms with van der Waals surface area (Å²) in [7, 11) is -3.60. The Labute approximate surface area is 215 Å². The highest BCUT2D eigenvalue weighted by atomic mass is 127. The Hall–Kier alpha value is -2.07. The Morgan fingerprint density at radius 3 is 2.57 bits per heavy atom. The standard InChI is InChI=1S/C22H25F2IN4O5S/c23-15-9-19(27-18-2-1-16(25)11-17(18)24)21(22(26)30)20(10-15)34-13-14-3-4-29(12-14)35(31,32)28-5-7-33-8-6-28/h1-2,9-11,14,27H,3-8,12-13H2,(H2,26,30). The number of carbonyl (C=O) groups is 1. The van der Waals surface area contributed by atoms with Crippen LogP contribution in [0, 0.1) is 21.1 Å². The third-order valence-electron chi connectivity index (χ3n) is 5.86. The van der Waals surface area contributed by atoms with Crippen LogP contribution in [0.15, 0.2) is 30.3 Å². The van der Waals surface area contributed by atoms with Gasteiger partial charge in [-0.1, -0.05) is 0 Å². The minimum atomic E-state index is -3.60. The fourth-order valence-electron chi connectivity index (χ4n) is 4.08. The lowest BCUT2D eigenvalue weighted by atomic mass is 10.1. The summed E-state index contributed by atoms with van der Waals surface area (Å²) in [5, 5.41) is 2.72. The highest BCUT2D eigenvalue weighted by Crippen LogP contribution is 2.33. The maximum atomic E-state index is 14.4. The van der Waals surface area contributed by atoms with E-state index in [0.29, 0.717) is 42.8 Å². The minimum absolute atomic E-state index is 0.0319. The molecule has 0 aliphatic carbocycles. The molecule has 0 bridgehead atoms. The lowest BCUT2D eigenvalue weighted by molar-refractivity contribution is 0.0705. The molecule has 0 saturated carbocycles. The van der Waals surface area contributed by atoms with E-state index in [1.807, 2.05) is 22.6 Å². The molecule has 2 fully saturated rings. The molecule has 190 valence electrons. The van der Waals surface area contributed by atoms with Crippen molar-refractivity contribution < 1.29 is 31.5 Å². The molecule has 2 saturated heterocycles. The van der Waals surface area contributed by atoms with Crippen LogP contribution in [-0.2, 0) is 14.9 Å². The average Bonchev–Trinajstić information content (AvgIpc) is 3.30. The molecule has 2 heterocycles. The molecule has 1 atom stereocenters. The number of nitrogens with zero attached hydrogens (tertiary/aromatic N) is 2. The van der Waals surface area contributed by atoms with Gasteiger partial charge in [-0.05, 0) is 53.3 Å². The van der Waals surface area contributed by atoms with Gasteiger partial charge in [-0.2, -0.15) is 17.0 Å². The summed E-state index contributed by atoms with van der Waals surface area (Å²) in [5.74, 6) is -2.43. The molecule has 0 aromatic heterocycles. The zero-order chi connectivity index (χ0) is 25.2. The van der Waals surface area contributed by atoms with Crippen LogP contribution in [0.3, 0.4) is 0 Å². The van der Waals surface area contributed by atoms with Gasteiger partial charge in [-0.15, -0.1) is 0 Å². The second-order valence-electron chi connectivity index (χ2n) is 8.28. The minimum Gasteiger partial charge on any atom is -0.492 e. The molecule has 0 spiro atoms. The second kappa shape index (κ2) is 10.9. The molecule has 2 aromatic carbocycles. The van der Waals surface area contributed by atoms with Crippen LogP contribution < -0.4 is 15.8 Å². The first-order valence-corrected chi connectivity index (χ1v) is 13.4. The largest absolute Gasteiger partial charge is 0.492 e. The predicted molar refractivity (Wildman–Crippen MR) is 134 cm³/mol. The van der Waals surface area contributed by atoms with Crippen LogP contribution in [0.25, 0.3) is 0 Å². The number of primary amides is 1. The van der Waals surface area contributed by atoms with Crippen molar-refractivity contribution >= 4 is 50.1 Å². The highest BCUT2D eigenvalue weighted by Gasteiger charge is 2.36. The number of benzene rings is 2. The van der Waals surface area contributed by atoms with Gasteiger partial charge in [0, 0.05) is 41.7 Å². The maximum absolute atomic E-state index is 14.4. The van der Waals surface area contributed by atoms with Crippen molar-refractivity contribution in [1.82, 2.24) is 8.61 Å². The van der Waals surface area contributed by atoms with Crippen LogP contribution in [0.4, 0.5) is 20.2 Å². The number of rotatable bonds is 8. The molecule has 2 aliphatic rings. The van der Waals surface area contributed by atoms with Gasteiger partial charge in [0.2, 0.25) is 0 Å². The number of nitrogens with two attached hydrogens (primary N) is 1.